The summed E-state index contributed by atoms with van der Waals surface area (Å²) in [4.78, 5) is 16.7. The van der Waals surface area contributed by atoms with Gasteiger partial charge in [-0.25, -0.2) is 4.39 Å². The van der Waals surface area contributed by atoms with E-state index in [1.165, 1.54) is 6.07 Å². The Morgan fingerprint density at radius 1 is 0.920 bits per heavy atom. The maximum atomic E-state index is 13.6. The molecule has 1 aliphatic heterocycles. The van der Waals surface area contributed by atoms with Gasteiger partial charge < -0.3 is 4.90 Å². The van der Waals surface area contributed by atoms with E-state index in [0.717, 1.165) is 56.7 Å². The lowest BCUT2D eigenvalue weighted by atomic mass is 10.1. The maximum absolute atomic E-state index is 13.6. The van der Waals surface area contributed by atoms with Crippen molar-refractivity contribution in [2.24, 2.45) is 0 Å². The molecule has 0 N–H and O–H groups in total. The van der Waals surface area contributed by atoms with Crippen molar-refractivity contribution >= 4 is 5.91 Å². The second kappa shape index (κ2) is 8.77. The number of aryl methyl sites for hydroxylation is 1. The molecule has 2 aromatic carbocycles. The van der Waals surface area contributed by atoms with Crippen LogP contribution in [0.25, 0.3) is 0 Å². The molecule has 0 bridgehead atoms. The van der Waals surface area contributed by atoms with Crippen LogP contribution in [0.2, 0.25) is 0 Å². The summed E-state index contributed by atoms with van der Waals surface area (Å²) < 4.78 is 13.6. The van der Waals surface area contributed by atoms with E-state index in [4.69, 9.17) is 0 Å². The predicted molar refractivity (Wildman–Crippen MR) is 97.9 cm³/mol. The second-order valence-corrected chi connectivity index (χ2v) is 6.58. The van der Waals surface area contributed by atoms with Crippen LogP contribution in [0.15, 0.2) is 54.6 Å². The lowest BCUT2D eigenvalue weighted by Gasteiger charge is -2.34. The van der Waals surface area contributed by atoms with Crippen LogP contribution >= 0.6 is 0 Å². The summed E-state index contributed by atoms with van der Waals surface area (Å²) in [5.74, 6) is 0.0936. The van der Waals surface area contributed by atoms with Gasteiger partial charge in [0.25, 0.3) is 0 Å². The molecule has 3 rings (SSSR count). The number of amides is 1. The fourth-order valence-corrected chi connectivity index (χ4v) is 3.30. The molecule has 0 spiro atoms. The smallest absolute Gasteiger partial charge is 0.227 e. The third kappa shape index (κ3) is 5.13. The van der Waals surface area contributed by atoms with Crippen molar-refractivity contribution in [1.29, 1.82) is 0 Å². The van der Waals surface area contributed by atoms with Gasteiger partial charge in [-0.15, -0.1) is 0 Å². The summed E-state index contributed by atoms with van der Waals surface area (Å²) in [5, 5.41) is 0. The number of benzene rings is 2. The molecule has 1 heterocycles. The molecular formula is C21H25FN2O. The van der Waals surface area contributed by atoms with Gasteiger partial charge in [0, 0.05) is 26.2 Å². The minimum atomic E-state index is -0.112. The van der Waals surface area contributed by atoms with Gasteiger partial charge in [0.1, 0.15) is 5.82 Å². The minimum absolute atomic E-state index is 0.112. The first-order valence-corrected chi connectivity index (χ1v) is 9.00. The molecule has 25 heavy (non-hydrogen) atoms. The SMILES string of the molecule is O=C(Cc1ccccc1)N1CCN(CCCc2ccccc2F)CC1. The number of piperazine rings is 1. The highest BCUT2D eigenvalue weighted by Crippen LogP contribution is 2.11. The predicted octanol–water partition coefficient (Wildman–Crippen LogP) is 3.15. The number of rotatable bonds is 6. The molecule has 0 radical (unpaired) electrons. The van der Waals surface area contributed by atoms with Crippen LogP contribution < -0.4 is 0 Å². The first-order chi connectivity index (χ1) is 12.2. The van der Waals surface area contributed by atoms with E-state index in [0.29, 0.717) is 6.42 Å². The molecule has 2 aromatic rings. The Morgan fingerprint density at radius 3 is 2.32 bits per heavy atom. The van der Waals surface area contributed by atoms with Crippen molar-refractivity contribution in [3.05, 3.63) is 71.5 Å². The lowest BCUT2D eigenvalue weighted by molar-refractivity contribution is -0.132. The molecule has 0 unspecified atom stereocenters. The fourth-order valence-electron chi connectivity index (χ4n) is 3.30. The van der Waals surface area contributed by atoms with Crippen LogP contribution in [-0.4, -0.2) is 48.4 Å². The first-order valence-electron chi connectivity index (χ1n) is 9.00. The number of carbonyl (C=O) groups excluding carboxylic acids is 1. The van der Waals surface area contributed by atoms with E-state index in [1.54, 1.807) is 6.07 Å². The number of hydrogen-bond donors (Lipinski definition) is 0. The monoisotopic (exact) mass is 340 g/mol. The number of halogens is 1. The van der Waals surface area contributed by atoms with Crippen molar-refractivity contribution in [2.45, 2.75) is 19.3 Å². The Labute approximate surface area is 149 Å². The summed E-state index contributed by atoms with van der Waals surface area (Å²) in [7, 11) is 0. The van der Waals surface area contributed by atoms with Crippen LogP contribution in [0, 0.1) is 5.82 Å². The zero-order valence-corrected chi connectivity index (χ0v) is 14.5. The van der Waals surface area contributed by atoms with Crippen LogP contribution in [0.1, 0.15) is 17.5 Å². The highest BCUT2D eigenvalue weighted by molar-refractivity contribution is 5.78. The van der Waals surface area contributed by atoms with Gasteiger partial charge in [-0.1, -0.05) is 48.5 Å². The lowest BCUT2D eigenvalue weighted by Crippen LogP contribution is -2.49. The Bertz CT molecular complexity index is 681. The van der Waals surface area contributed by atoms with E-state index in [-0.39, 0.29) is 11.7 Å². The van der Waals surface area contributed by atoms with Crippen molar-refractivity contribution in [1.82, 2.24) is 9.80 Å². The minimum Gasteiger partial charge on any atom is -0.340 e. The van der Waals surface area contributed by atoms with Crippen LogP contribution in [-0.2, 0) is 17.6 Å². The fraction of sp³-hybridized carbons (Fsp3) is 0.381. The first kappa shape index (κ1) is 17.6. The van der Waals surface area contributed by atoms with Crippen molar-refractivity contribution in [2.75, 3.05) is 32.7 Å². The third-order valence-electron chi connectivity index (χ3n) is 4.80. The molecule has 0 aromatic heterocycles. The summed E-state index contributed by atoms with van der Waals surface area (Å²) in [6.45, 7) is 4.32. The van der Waals surface area contributed by atoms with Crippen molar-refractivity contribution in [3.63, 3.8) is 0 Å². The normalized spacial score (nSPS) is 15.3. The van der Waals surface area contributed by atoms with Gasteiger partial charge in [-0.3, -0.25) is 9.69 Å². The van der Waals surface area contributed by atoms with Crippen LogP contribution in [0.3, 0.4) is 0 Å². The van der Waals surface area contributed by atoms with E-state index < -0.39 is 0 Å². The number of hydrogen-bond acceptors (Lipinski definition) is 2. The number of nitrogens with zero attached hydrogens (tertiary/aromatic N) is 2. The maximum Gasteiger partial charge on any atom is 0.227 e. The molecule has 0 aliphatic carbocycles. The van der Waals surface area contributed by atoms with Crippen LogP contribution in [0.4, 0.5) is 4.39 Å². The molecule has 1 amide bonds. The van der Waals surface area contributed by atoms with Gasteiger partial charge >= 0.3 is 0 Å². The van der Waals surface area contributed by atoms with E-state index >= 15 is 0 Å². The molecule has 132 valence electrons. The number of carbonyl (C=O) groups is 1. The van der Waals surface area contributed by atoms with Crippen molar-refractivity contribution in [3.8, 4) is 0 Å². The Hall–Kier alpha value is -2.20. The van der Waals surface area contributed by atoms with Gasteiger partial charge in [-0.2, -0.15) is 0 Å². The average Bonchev–Trinajstić information content (AvgIpc) is 2.65. The Morgan fingerprint density at radius 2 is 1.60 bits per heavy atom. The van der Waals surface area contributed by atoms with E-state index in [2.05, 4.69) is 4.90 Å². The quantitative estimate of drug-likeness (QED) is 0.806. The molecule has 1 aliphatic rings. The Kier molecular flexibility index (Phi) is 6.18. The van der Waals surface area contributed by atoms with Gasteiger partial charge in [0.05, 0.1) is 6.42 Å². The highest BCUT2D eigenvalue weighted by atomic mass is 19.1. The second-order valence-electron chi connectivity index (χ2n) is 6.58. The molecule has 0 atom stereocenters. The molecule has 3 nitrogen and oxygen atoms in total. The average molecular weight is 340 g/mol. The summed E-state index contributed by atoms with van der Waals surface area (Å²) >= 11 is 0. The van der Waals surface area contributed by atoms with Gasteiger partial charge in [0.15, 0.2) is 0 Å². The van der Waals surface area contributed by atoms with E-state index in [9.17, 15) is 9.18 Å². The summed E-state index contributed by atoms with van der Waals surface area (Å²) in [5.41, 5.74) is 1.86. The summed E-state index contributed by atoms with van der Waals surface area (Å²) in [6.07, 6.45) is 2.19. The van der Waals surface area contributed by atoms with Crippen LogP contribution in [0.5, 0.6) is 0 Å². The third-order valence-corrected chi connectivity index (χ3v) is 4.80. The highest BCUT2D eigenvalue weighted by Gasteiger charge is 2.20. The standard InChI is InChI=1S/C21H25FN2O/c22-20-11-5-4-9-19(20)10-6-12-23-13-15-24(16-14-23)21(25)17-18-7-2-1-3-8-18/h1-5,7-9,11H,6,10,12-17H2. The molecule has 1 saturated heterocycles. The topological polar surface area (TPSA) is 23.6 Å². The largest absolute Gasteiger partial charge is 0.340 e. The zero-order valence-electron chi connectivity index (χ0n) is 14.5. The summed E-state index contributed by atoms with van der Waals surface area (Å²) in [6, 6.07) is 16.9. The van der Waals surface area contributed by atoms with Gasteiger partial charge in [0.2, 0.25) is 5.91 Å². The molecule has 1 fully saturated rings. The Balaban J connectivity index is 1.38. The molecular weight excluding hydrogens is 315 g/mol. The zero-order chi connectivity index (χ0) is 17.5. The van der Waals surface area contributed by atoms with Gasteiger partial charge in [-0.05, 0) is 36.6 Å². The van der Waals surface area contributed by atoms with E-state index in [1.807, 2.05) is 47.4 Å². The van der Waals surface area contributed by atoms with Crippen molar-refractivity contribution < 1.29 is 9.18 Å². The molecule has 0 saturated carbocycles. The molecule has 4 heteroatoms.